The van der Waals surface area contributed by atoms with Crippen LogP contribution in [0.3, 0.4) is 0 Å². The fourth-order valence-corrected chi connectivity index (χ4v) is 4.01. The van der Waals surface area contributed by atoms with Crippen molar-refractivity contribution in [1.82, 2.24) is 9.97 Å². The molecule has 31 heavy (non-hydrogen) atoms. The van der Waals surface area contributed by atoms with E-state index < -0.39 is 23.0 Å². The highest BCUT2D eigenvalue weighted by Crippen LogP contribution is 2.55. The molecule has 1 amide bonds. The summed E-state index contributed by atoms with van der Waals surface area (Å²) in [5.41, 5.74) is 1.46. The van der Waals surface area contributed by atoms with Gasteiger partial charge in [-0.2, -0.15) is 18.2 Å². The van der Waals surface area contributed by atoms with Gasteiger partial charge in [0.05, 0.1) is 12.6 Å². The Morgan fingerprint density at radius 1 is 1.29 bits per heavy atom. The molecule has 2 aromatic rings. The number of alkyl halides is 3. The van der Waals surface area contributed by atoms with Crippen LogP contribution in [0.2, 0.25) is 0 Å². The number of halogens is 3. The second-order valence-corrected chi connectivity index (χ2v) is 8.39. The average molecular weight is 449 g/mol. The van der Waals surface area contributed by atoms with Crippen molar-refractivity contribution < 1.29 is 22.8 Å². The first-order chi connectivity index (χ1) is 14.7. The van der Waals surface area contributed by atoms with Crippen molar-refractivity contribution in [2.24, 2.45) is 10.7 Å². The van der Waals surface area contributed by atoms with Gasteiger partial charge in [-0.3, -0.25) is 9.78 Å². The van der Waals surface area contributed by atoms with Crippen molar-refractivity contribution in [2.45, 2.75) is 41.2 Å². The predicted molar refractivity (Wildman–Crippen MR) is 109 cm³/mol. The minimum Gasteiger partial charge on any atom is -0.366 e. The van der Waals surface area contributed by atoms with Gasteiger partial charge in [-0.15, -0.1) is 0 Å². The van der Waals surface area contributed by atoms with Gasteiger partial charge in [0.15, 0.2) is 12.0 Å². The summed E-state index contributed by atoms with van der Waals surface area (Å²) in [4.78, 5) is 30.4. The molecule has 0 radical (unpaired) electrons. The van der Waals surface area contributed by atoms with Crippen LogP contribution >= 0.6 is 11.8 Å². The molecule has 1 aromatic carbocycles. The van der Waals surface area contributed by atoms with Gasteiger partial charge in [0.2, 0.25) is 11.8 Å². The van der Waals surface area contributed by atoms with E-state index in [9.17, 15) is 18.0 Å². The van der Waals surface area contributed by atoms with Crippen molar-refractivity contribution in [1.29, 1.82) is 0 Å². The molecule has 0 bridgehead atoms. The molecule has 1 aliphatic carbocycles. The summed E-state index contributed by atoms with van der Waals surface area (Å²) in [6, 6.07) is 6.28. The molecule has 1 aliphatic heterocycles. The van der Waals surface area contributed by atoms with Crippen LogP contribution in [0, 0.1) is 0 Å². The number of anilines is 1. The molecular formula is C20H18F3N5O2S. The highest BCUT2D eigenvalue weighted by Gasteiger charge is 2.56. The second kappa shape index (κ2) is 7.88. The lowest BCUT2D eigenvalue weighted by Crippen LogP contribution is -2.39. The molecule has 1 unspecified atom stereocenters. The number of primary amides is 1. The lowest BCUT2D eigenvalue weighted by Gasteiger charge is -2.28. The fraction of sp³-hybridized carbons (Fsp3) is 0.300. The van der Waals surface area contributed by atoms with E-state index in [0.717, 1.165) is 18.4 Å². The molecule has 1 atom stereocenters. The van der Waals surface area contributed by atoms with E-state index in [1.165, 1.54) is 35.8 Å². The lowest BCUT2D eigenvalue weighted by atomic mass is 9.92. The molecule has 1 aromatic heterocycles. The quantitative estimate of drug-likeness (QED) is 0.511. The van der Waals surface area contributed by atoms with Gasteiger partial charge in [0, 0.05) is 28.3 Å². The summed E-state index contributed by atoms with van der Waals surface area (Å²) in [6.07, 6.45) is 5.59. The van der Waals surface area contributed by atoms with Crippen LogP contribution in [-0.2, 0) is 15.0 Å². The predicted octanol–water partition coefficient (Wildman–Crippen LogP) is 3.73. The molecule has 0 saturated heterocycles. The summed E-state index contributed by atoms with van der Waals surface area (Å²) in [7, 11) is 0. The standard InChI is InChI=1S/C20H18F3N5O2S/c1-12(17(24)29)10-16-27-18(28(30-16)15-11-25-8-9-26-15)19(6-7-19)13-2-4-14(5-3-13)31-20(21,22)23/h2-5,8-9,11,18H,1,6-7,10H2,(H2,24,29). The number of nitrogens with zero attached hydrogens (tertiary/aromatic N) is 4. The van der Waals surface area contributed by atoms with Crippen molar-refractivity contribution in [3.8, 4) is 0 Å². The zero-order chi connectivity index (χ0) is 22.2. The fourth-order valence-electron chi connectivity index (χ4n) is 3.47. The third-order valence-corrected chi connectivity index (χ3v) is 5.87. The largest absolute Gasteiger partial charge is 0.446 e. The number of aromatic nitrogens is 2. The van der Waals surface area contributed by atoms with Crippen molar-refractivity contribution in [3.05, 3.63) is 60.6 Å². The number of aliphatic imine (C=N–C) groups is 1. The molecule has 1 saturated carbocycles. The summed E-state index contributed by atoms with van der Waals surface area (Å²) < 4.78 is 37.9. The monoisotopic (exact) mass is 449 g/mol. The molecule has 2 aliphatic rings. The first-order valence-corrected chi connectivity index (χ1v) is 10.1. The lowest BCUT2D eigenvalue weighted by molar-refractivity contribution is -0.114. The van der Waals surface area contributed by atoms with Crippen LogP contribution in [0.15, 0.2) is 64.9 Å². The first-order valence-electron chi connectivity index (χ1n) is 9.32. The Labute approximate surface area is 180 Å². The van der Waals surface area contributed by atoms with E-state index in [1.807, 2.05) is 0 Å². The van der Waals surface area contributed by atoms with Gasteiger partial charge in [0.1, 0.15) is 0 Å². The number of thioether (sulfide) groups is 1. The van der Waals surface area contributed by atoms with Crippen molar-refractivity contribution in [3.63, 3.8) is 0 Å². The maximum absolute atomic E-state index is 12.6. The summed E-state index contributed by atoms with van der Waals surface area (Å²) >= 11 is -0.154. The third kappa shape index (κ3) is 4.50. The summed E-state index contributed by atoms with van der Waals surface area (Å²) in [5.74, 6) is 0.0288. The van der Waals surface area contributed by atoms with Crippen LogP contribution in [0.5, 0.6) is 0 Å². The maximum Gasteiger partial charge on any atom is 0.446 e. The minimum atomic E-state index is -4.34. The highest BCUT2D eigenvalue weighted by atomic mass is 32.2. The van der Waals surface area contributed by atoms with Gasteiger partial charge in [-0.25, -0.2) is 9.98 Å². The van der Waals surface area contributed by atoms with E-state index >= 15 is 0 Å². The number of carbonyl (C=O) groups is 1. The van der Waals surface area contributed by atoms with E-state index in [1.54, 1.807) is 12.1 Å². The normalized spacial score (nSPS) is 19.5. The number of hydroxylamine groups is 1. The summed E-state index contributed by atoms with van der Waals surface area (Å²) in [6.45, 7) is 3.64. The van der Waals surface area contributed by atoms with Crippen LogP contribution in [0.1, 0.15) is 24.8 Å². The van der Waals surface area contributed by atoms with Crippen LogP contribution in [-0.4, -0.2) is 33.4 Å². The second-order valence-electron chi connectivity index (χ2n) is 7.25. The molecule has 2 N–H and O–H groups in total. The molecule has 11 heteroatoms. The van der Waals surface area contributed by atoms with E-state index in [0.29, 0.717) is 5.82 Å². The van der Waals surface area contributed by atoms with Gasteiger partial charge in [-0.1, -0.05) is 18.7 Å². The molecule has 162 valence electrons. The Balaban J connectivity index is 1.64. The molecule has 2 heterocycles. The molecule has 4 rings (SSSR count). The number of carbonyl (C=O) groups excluding carboxylic acids is 1. The van der Waals surface area contributed by atoms with Crippen LogP contribution in [0.25, 0.3) is 0 Å². The Morgan fingerprint density at radius 3 is 2.55 bits per heavy atom. The Kier molecular flexibility index (Phi) is 5.38. The van der Waals surface area contributed by atoms with Gasteiger partial charge < -0.3 is 10.6 Å². The number of rotatable bonds is 7. The third-order valence-electron chi connectivity index (χ3n) is 5.13. The van der Waals surface area contributed by atoms with Gasteiger partial charge in [-0.05, 0) is 42.3 Å². The maximum atomic E-state index is 12.6. The topological polar surface area (TPSA) is 93.7 Å². The van der Waals surface area contributed by atoms with Gasteiger partial charge >= 0.3 is 5.51 Å². The zero-order valence-corrected chi connectivity index (χ0v) is 17.0. The van der Waals surface area contributed by atoms with Crippen molar-refractivity contribution in [2.75, 3.05) is 5.06 Å². The zero-order valence-electron chi connectivity index (χ0n) is 16.2. The van der Waals surface area contributed by atoms with Crippen LogP contribution in [0.4, 0.5) is 19.0 Å². The Morgan fingerprint density at radius 2 is 2.00 bits per heavy atom. The summed E-state index contributed by atoms with van der Waals surface area (Å²) in [5, 5.41) is 1.52. The highest BCUT2D eigenvalue weighted by molar-refractivity contribution is 8.00. The number of hydrogen-bond donors (Lipinski definition) is 1. The van der Waals surface area contributed by atoms with Crippen molar-refractivity contribution >= 4 is 29.4 Å². The molecule has 1 fully saturated rings. The molecule has 0 spiro atoms. The number of amides is 1. The Bertz CT molecular complexity index is 1020. The van der Waals surface area contributed by atoms with E-state index in [4.69, 9.17) is 10.6 Å². The number of nitrogens with two attached hydrogens (primary N) is 1. The number of benzene rings is 1. The number of hydrogen-bond acceptors (Lipinski definition) is 7. The molecular weight excluding hydrogens is 431 g/mol. The Hall–Kier alpha value is -3.08. The SMILES string of the molecule is C=C(CC1=NC(C2(c3ccc(SC(F)(F)F)cc3)CC2)N(c2cnccn2)O1)C(N)=O. The van der Waals surface area contributed by atoms with E-state index in [-0.39, 0.29) is 34.5 Å². The molecule has 7 nitrogen and oxygen atoms in total. The van der Waals surface area contributed by atoms with Crippen LogP contribution < -0.4 is 10.8 Å². The average Bonchev–Trinajstić information content (AvgIpc) is 3.42. The first kappa shape index (κ1) is 21.2. The van der Waals surface area contributed by atoms with Gasteiger partial charge in [0.25, 0.3) is 0 Å². The smallest absolute Gasteiger partial charge is 0.366 e. The minimum absolute atomic E-state index is 0.0415. The van der Waals surface area contributed by atoms with E-state index in [2.05, 4.69) is 21.5 Å².